The van der Waals surface area contributed by atoms with Crippen molar-refractivity contribution in [2.75, 3.05) is 0 Å². The number of rotatable bonds is 2. The zero-order chi connectivity index (χ0) is 12.0. The summed E-state index contributed by atoms with van der Waals surface area (Å²) in [6.45, 7) is 3.99. The van der Waals surface area contributed by atoms with Crippen LogP contribution in [0.1, 0.15) is 36.1 Å². The van der Waals surface area contributed by atoms with Crippen molar-refractivity contribution in [1.29, 1.82) is 0 Å². The number of nitrogens with zero attached hydrogens (tertiary/aromatic N) is 4. The van der Waals surface area contributed by atoms with Crippen molar-refractivity contribution in [1.82, 2.24) is 19.2 Å². The molecule has 2 aromatic rings. The number of carboxylic acids is 1. The van der Waals surface area contributed by atoms with Gasteiger partial charge >= 0.3 is 5.97 Å². The highest BCUT2D eigenvalue weighted by atomic mass is 35.5. The number of aromatic nitrogens is 4. The summed E-state index contributed by atoms with van der Waals surface area (Å²) in [5.74, 6) is 0.310. The van der Waals surface area contributed by atoms with E-state index in [0.717, 1.165) is 5.82 Å². The normalized spacial score (nSPS) is 11.6. The Kier molecular flexibility index (Phi) is 2.38. The lowest BCUT2D eigenvalue weighted by Crippen LogP contribution is -2.03. The van der Waals surface area contributed by atoms with E-state index >= 15 is 0 Å². The second-order valence-electron chi connectivity index (χ2n) is 3.84. The van der Waals surface area contributed by atoms with Crippen molar-refractivity contribution >= 4 is 23.3 Å². The number of aromatic carboxylic acids is 1. The minimum Gasteiger partial charge on any atom is -0.476 e. The Bertz CT molecular complexity index is 570. The monoisotopic (exact) mass is 242 g/mol. The third-order valence-electron chi connectivity index (χ3n) is 2.35. The summed E-state index contributed by atoms with van der Waals surface area (Å²) in [6.07, 6.45) is 0. The molecule has 0 unspecified atom stereocenters. The molecule has 0 aliphatic carbocycles. The molecule has 0 saturated carbocycles. The number of aryl methyl sites for hydroxylation is 1. The van der Waals surface area contributed by atoms with Crippen LogP contribution in [0.3, 0.4) is 0 Å². The minimum absolute atomic E-state index is 0.0324. The molecule has 0 amide bonds. The molecule has 2 aromatic heterocycles. The summed E-state index contributed by atoms with van der Waals surface area (Å²) in [6, 6.07) is 0. The van der Waals surface area contributed by atoms with Gasteiger partial charge in [0, 0.05) is 13.0 Å². The number of halogens is 1. The minimum atomic E-state index is -1.15. The summed E-state index contributed by atoms with van der Waals surface area (Å²) >= 11 is 5.89. The van der Waals surface area contributed by atoms with Crippen LogP contribution in [0.25, 0.3) is 5.78 Å². The highest BCUT2D eigenvalue weighted by molar-refractivity contribution is 6.32. The molecule has 1 N–H and O–H groups in total. The molecule has 0 fully saturated rings. The van der Waals surface area contributed by atoms with E-state index in [1.807, 2.05) is 13.8 Å². The summed E-state index contributed by atoms with van der Waals surface area (Å²) in [4.78, 5) is 14.8. The SMILES string of the molecule is CC(C)c1nn2c(Cl)c(C(=O)O)nc2n1C. The maximum absolute atomic E-state index is 10.8. The van der Waals surface area contributed by atoms with E-state index in [4.69, 9.17) is 16.7 Å². The van der Waals surface area contributed by atoms with Gasteiger partial charge in [-0.1, -0.05) is 25.4 Å². The highest BCUT2D eigenvalue weighted by Crippen LogP contribution is 2.21. The molecule has 0 bridgehead atoms. The highest BCUT2D eigenvalue weighted by Gasteiger charge is 2.22. The number of imidazole rings is 1. The summed E-state index contributed by atoms with van der Waals surface area (Å²) in [5.41, 5.74) is -0.171. The molecule has 7 heteroatoms. The van der Waals surface area contributed by atoms with Gasteiger partial charge in [0.15, 0.2) is 10.8 Å². The average molecular weight is 243 g/mol. The van der Waals surface area contributed by atoms with Crippen molar-refractivity contribution in [3.63, 3.8) is 0 Å². The van der Waals surface area contributed by atoms with E-state index in [1.54, 1.807) is 11.6 Å². The Labute approximate surface area is 96.5 Å². The van der Waals surface area contributed by atoms with Crippen LogP contribution in [0.2, 0.25) is 5.15 Å². The maximum atomic E-state index is 10.8. The van der Waals surface area contributed by atoms with Gasteiger partial charge in [-0.3, -0.25) is 4.57 Å². The van der Waals surface area contributed by atoms with E-state index in [0.29, 0.717) is 5.78 Å². The van der Waals surface area contributed by atoms with E-state index in [-0.39, 0.29) is 16.8 Å². The fourth-order valence-electron chi connectivity index (χ4n) is 1.60. The van der Waals surface area contributed by atoms with Gasteiger partial charge in [-0.2, -0.15) is 9.61 Å². The largest absolute Gasteiger partial charge is 0.476 e. The number of hydrogen-bond donors (Lipinski definition) is 1. The second-order valence-corrected chi connectivity index (χ2v) is 4.20. The quantitative estimate of drug-likeness (QED) is 0.867. The molecule has 0 spiro atoms. The first-order valence-electron chi connectivity index (χ1n) is 4.77. The number of fused-ring (bicyclic) bond motifs is 1. The Morgan fingerprint density at radius 1 is 1.50 bits per heavy atom. The lowest BCUT2D eigenvalue weighted by atomic mass is 10.2. The molecular weight excluding hydrogens is 232 g/mol. The molecule has 0 aromatic carbocycles. The van der Waals surface area contributed by atoms with Crippen LogP contribution in [0.4, 0.5) is 0 Å². The molecule has 16 heavy (non-hydrogen) atoms. The first-order valence-corrected chi connectivity index (χ1v) is 5.15. The van der Waals surface area contributed by atoms with E-state index in [2.05, 4.69) is 10.1 Å². The number of hydrogen-bond acceptors (Lipinski definition) is 3. The van der Waals surface area contributed by atoms with Gasteiger partial charge < -0.3 is 5.11 Å². The van der Waals surface area contributed by atoms with Crippen molar-refractivity contribution in [2.45, 2.75) is 19.8 Å². The molecule has 86 valence electrons. The summed E-state index contributed by atoms with van der Waals surface area (Å²) in [5, 5.41) is 13.1. The third-order valence-corrected chi connectivity index (χ3v) is 2.69. The molecule has 2 heterocycles. The van der Waals surface area contributed by atoms with Crippen LogP contribution in [0.5, 0.6) is 0 Å². The van der Waals surface area contributed by atoms with Crippen molar-refractivity contribution in [3.05, 3.63) is 16.7 Å². The molecule has 0 radical (unpaired) electrons. The van der Waals surface area contributed by atoms with Crippen molar-refractivity contribution in [3.8, 4) is 0 Å². The van der Waals surface area contributed by atoms with Gasteiger partial charge in [0.2, 0.25) is 5.78 Å². The van der Waals surface area contributed by atoms with Crippen LogP contribution in [-0.2, 0) is 7.05 Å². The maximum Gasteiger partial charge on any atom is 0.357 e. The molecule has 0 atom stereocenters. The van der Waals surface area contributed by atoms with Crippen LogP contribution in [-0.4, -0.2) is 30.2 Å². The molecule has 0 aliphatic rings. The predicted octanol–water partition coefficient (Wildman–Crippen LogP) is 1.54. The Hall–Kier alpha value is -1.56. The van der Waals surface area contributed by atoms with Gasteiger partial charge in [0.25, 0.3) is 0 Å². The van der Waals surface area contributed by atoms with Gasteiger partial charge in [-0.05, 0) is 0 Å². The van der Waals surface area contributed by atoms with E-state index < -0.39 is 5.97 Å². The van der Waals surface area contributed by atoms with Crippen molar-refractivity contribution < 1.29 is 9.90 Å². The zero-order valence-electron chi connectivity index (χ0n) is 9.10. The first kappa shape index (κ1) is 10.9. The first-order chi connectivity index (χ1) is 7.43. The lowest BCUT2D eigenvalue weighted by molar-refractivity contribution is 0.0691. The van der Waals surface area contributed by atoms with Crippen LogP contribution >= 0.6 is 11.6 Å². The Morgan fingerprint density at radius 2 is 2.12 bits per heavy atom. The summed E-state index contributed by atoms with van der Waals surface area (Å²) in [7, 11) is 1.78. The van der Waals surface area contributed by atoms with Crippen LogP contribution in [0, 0.1) is 0 Å². The number of carbonyl (C=O) groups is 1. The second kappa shape index (κ2) is 3.48. The fourth-order valence-corrected chi connectivity index (χ4v) is 1.83. The molecule has 2 rings (SSSR count). The molecular formula is C9H11ClN4O2. The van der Waals surface area contributed by atoms with Crippen LogP contribution in [0.15, 0.2) is 0 Å². The molecule has 0 aliphatic heterocycles. The Morgan fingerprint density at radius 3 is 2.56 bits per heavy atom. The van der Waals surface area contributed by atoms with Gasteiger partial charge in [-0.15, -0.1) is 0 Å². The van der Waals surface area contributed by atoms with E-state index in [9.17, 15) is 4.79 Å². The van der Waals surface area contributed by atoms with Gasteiger partial charge in [0.1, 0.15) is 5.82 Å². The standard InChI is InChI=1S/C9H11ClN4O2/c1-4(2)7-12-14-6(10)5(8(15)16)11-9(14)13(7)3/h4H,1-3H3,(H,15,16). The zero-order valence-corrected chi connectivity index (χ0v) is 9.86. The third kappa shape index (κ3) is 1.37. The fraction of sp³-hybridized carbons (Fsp3) is 0.444. The predicted molar refractivity (Wildman–Crippen MR) is 58.0 cm³/mol. The van der Waals surface area contributed by atoms with Gasteiger partial charge in [0.05, 0.1) is 0 Å². The topological polar surface area (TPSA) is 72.4 Å². The average Bonchev–Trinajstić information content (AvgIpc) is 2.66. The lowest BCUT2D eigenvalue weighted by Gasteiger charge is -2.02. The van der Waals surface area contributed by atoms with Gasteiger partial charge in [-0.25, -0.2) is 9.78 Å². The Balaban J connectivity index is 2.74. The van der Waals surface area contributed by atoms with Crippen LogP contribution < -0.4 is 0 Å². The number of carboxylic acid groups (broad SMARTS) is 1. The smallest absolute Gasteiger partial charge is 0.357 e. The molecule has 6 nitrogen and oxygen atoms in total. The molecule has 0 saturated heterocycles. The summed E-state index contributed by atoms with van der Waals surface area (Å²) < 4.78 is 3.09. The van der Waals surface area contributed by atoms with Crippen molar-refractivity contribution in [2.24, 2.45) is 7.05 Å². The van der Waals surface area contributed by atoms with E-state index in [1.165, 1.54) is 4.52 Å².